The van der Waals surface area contributed by atoms with Gasteiger partial charge in [-0.15, -0.1) is 0 Å². The van der Waals surface area contributed by atoms with Gasteiger partial charge >= 0.3 is 0 Å². The summed E-state index contributed by atoms with van der Waals surface area (Å²) in [6, 6.07) is 5.46. The molecule has 1 saturated carbocycles. The van der Waals surface area contributed by atoms with Crippen molar-refractivity contribution in [1.82, 2.24) is 13.5 Å². The van der Waals surface area contributed by atoms with E-state index >= 15 is 0 Å². The van der Waals surface area contributed by atoms with Crippen LogP contribution in [-0.2, 0) is 15.0 Å². The molecule has 1 heterocycles. The van der Waals surface area contributed by atoms with Crippen LogP contribution in [0, 0.1) is 0 Å². The van der Waals surface area contributed by atoms with Crippen molar-refractivity contribution in [1.29, 1.82) is 0 Å². The number of anilines is 1. The molecule has 33 heavy (non-hydrogen) atoms. The second-order valence-electron chi connectivity index (χ2n) is 8.56. The molecule has 186 valence electrons. The Labute approximate surface area is 198 Å². The molecule has 1 aliphatic carbocycles. The van der Waals surface area contributed by atoms with Crippen molar-refractivity contribution in [2.45, 2.75) is 52.0 Å². The molecule has 10 heteroatoms. The van der Waals surface area contributed by atoms with Gasteiger partial charge in [0, 0.05) is 45.3 Å². The van der Waals surface area contributed by atoms with Gasteiger partial charge in [0.25, 0.3) is 10.2 Å². The van der Waals surface area contributed by atoms with Crippen LogP contribution in [0.5, 0.6) is 11.5 Å². The van der Waals surface area contributed by atoms with Crippen molar-refractivity contribution in [2.75, 3.05) is 58.3 Å². The summed E-state index contributed by atoms with van der Waals surface area (Å²) < 4.78 is 40.4. The zero-order valence-electron chi connectivity index (χ0n) is 20.1. The van der Waals surface area contributed by atoms with E-state index in [1.54, 1.807) is 27.8 Å². The minimum absolute atomic E-state index is 0.0968. The van der Waals surface area contributed by atoms with Gasteiger partial charge in [-0.05, 0) is 38.8 Å². The topological polar surface area (TPSA) is 91.4 Å². The molecule has 0 radical (unpaired) electrons. The number of benzene rings is 1. The summed E-state index contributed by atoms with van der Waals surface area (Å²) in [4.78, 5) is 14.7. The van der Waals surface area contributed by atoms with Crippen molar-refractivity contribution in [3.05, 3.63) is 18.2 Å². The normalized spacial score (nSPS) is 18.9. The Morgan fingerprint density at radius 1 is 1.06 bits per heavy atom. The van der Waals surface area contributed by atoms with Gasteiger partial charge in [0.15, 0.2) is 0 Å². The molecule has 1 saturated heterocycles. The van der Waals surface area contributed by atoms with Gasteiger partial charge < -0.3 is 14.8 Å². The van der Waals surface area contributed by atoms with Gasteiger partial charge in [0.2, 0.25) is 5.91 Å². The molecule has 1 amide bonds. The minimum Gasteiger partial charge on any atom is -0.494 e. The van der Waals surface area contributed by atoms with Gasteiger partial charge in [-0.25, -0.2) is 0 Å². The van der Waals surface area contributed by atoms with Crippen LogP contribution in [0.3, 0.4) is 0 Å². The number of nitrogens with one attached hydrogen (secondary N) is 1. The third kappa shape index (κ3) is 6.81. The number of hydrogen-bond acceptors (Lipinski definition) is 6. The van der Waals surface area contributed by atoms with Crippen LogP contribution in [-0.4, -0.2) is 86.9 Å². The maximum Gasteiger partial charge on any atom is 0.282 e. The van der Waals surface area contributed by atoms with Crippen LogP contribution in [0.25, 0.3) is 0 Å². The lowest BCUT2D eigenvalue weighted by Crippen LogP contribution is -2.55. The SMILES string of the molecule is CCOc1ccc(OCC)c(NC(=O)CN2CCN(S(=O)(=O)N(C)C3CCCCC3)CC2)c1. The standard InChI is InChI=1S/C23H38N4O5S/c1-4-31-20-11-12-22(32-5-2)21(17-20)24-23(28)18-26-13-15-27(16-14-26)33(29,30)25(3)19-9-7-6-8-10-19/h11-12,17,19H,4-10,13-16,18H2,1-3H3,(H,24,28). The summed E-state index contributed by atoms with van der Waals surface area (Å²) in [5.74, 6) is 1.09. The van der Waals surface area contributed by atoms with E-state index in [4.69, 9.17) is 9.47 Å². The summed E-state index contributed by atoms with van der Waals surface area (Å²) in [6.07, 6.45) is 5.24. The highest BCUT2D eigenvalue weighted by Gasteiger charge is 2.34. The summed E-state index contributed by atoms with van der Waals surface area (Å²) in [7, 11) is -1.77. The van der Waals surface area contributed by atoms with Gasteiger partial charge in [-0.2, -0.15) is 17.0 Å². The third-order valence-corrected chi connectivity index (χ3v) is 8.36. The summed E-state index contributed by atoms with van der Waals surface area (Å²) in [5, 5.41) is 2.92. The lowest BCUT2D eigenvalue weighted by atomic mass is 9.96. The highest BCUT2D eigenvalue weighted by Crippen LogP contribution is 2.29. The fourth-order valence-corrected chi connectivity index (χ4v) is 6.05. The Bertz CT molecular complexity index is 881. The first kappa shape index (κ1) is 25.7. The number of ether oxygens (including phenoxy) is 2. The molecule has 2 fully saturated rings. The van der Waals surface area contributed by atoms with Gasteiger partial charge in [-0.1, -0.05) is 19.3 Å². The number of carbonyl (C=O) groups excluding carboxylic acids is 1. The second-order valence-corrected chi connectivity index (χ2v) is 10.6. The predicted molar refractivity (Wildman–Crippen MR) is 129 cm³/mol. The highest BCUT2D eigenvalue weighted by molar-refractivity contribution is 7.86. The van der Waals surface area contributed by atoms with E-state index in [1.165, 1.54) is 6.42 Å². The lowest BCUT2D eigenvalue weighted by molar-refractivity contribution is -0.117. The minimum atomic E-state index is -3.48. The Kier molecular flexibility index (Phi) is 9.37. The number of nitrogens with zero attached hydrogens (tertiary/aromatic N) is 3. The van der Waals surface area contributed by atoms with Crippen molar-refractivity contribution in [3.63, 3.8) is 0 Å². The van der Waals surface area contributed by atoms with Crippen molar-refractivity contribution in [3.8, 4) is 11.5 Å². The number of piperazine rings is 1. The molecule has 0 aromatic heterocycles. The van der Waals surface area contributed by atoms with E-state index in [2.05, 4.69) is 5.32 Å². The average Bonchev–Trinajstić information content (AvgIpc) is 2.81. The Morgan fingerprint density at radius 3 is 2.36 bits per heavy atom. The molecule has 2 aliphatic rings. The summed E-state index contributed by atoms with van der Waals surface area (Å²) >= 11 is 0. The van der Waals surface area contributed by atoms with Gasteiger partial charge in [0.1, 0.15) is 11.5 Å². The zero-order chi connectivity index (χ0) is 23.8. The van der Waals surface area contributed by atoms with Gasteiger partial charge in [0.05, 0.1) is 25.4 Å². The molecule has 1 aromatic carbocycles. The molecule has 1 aliphatic heterocycles. The second kappa shape index (κ2) is 12.0. The first-order valence-corrected chi connectivity index (χ1v) is 13.4. The molecule has 0 unspecified atom stereocenters. The maximum atomic E-state index is 13.1. The van der Waals surface area contributed by atoms with E-state index in [-0.39, 0.29) is 18.5 Å². The molecular weight excluding hydrogens is 444 g/mol. The molecule has 0 bridgehead atoms. The first-order valence-electron chi connectivity index (χ1n) is 12.0. The first-order chi connectivity index (χ1) is 15.8. The van der Waals surface area contributed by atoms with E-state index < -0.39 is 10.2 Å². The fraction of sp³-hybridized carbons (Fsp3) is 0.696. The van der Waals surface area contributed by atoms with Crippen LogP contribution >= 0.6 is 0 Å². The van der Waals surface area contributed by atoms with Crippen molar-refractivity contribution in [2.24, 2.45) is 0 Å². The van der Waals surface area contributed by atoms with E-state index in [9.17, 15) is 13.2 Å². The largest absolute Gasteiger partial charge is 0.494 e. The van der Waals surface area contributed by atoms with E-state index in [1.807, 2.05) is 24.8 Å². The number of amides is 1. The molecule has 1 N–H and O–H groups in total. The molecule has 9 nitrogen and oxygen atoms in total. The maximum absolute atomic E-state index is 13.1. The summed E-state index contributed by atoms with van der Waals surface area (Å²) in [6.45, 7) is 6.81. The Balaban J connectivity index is 1.53. The van der Waals surface area contributed by atoms with Crippen LogP contribution in [0.4, 0.5) is 5.69 Å². The average molecular weight is 483 g/mol. The van der Waals surface area contributed by atoms with Crippen molar-refractivity contribution >= 4 is 21.8 Å². The van der Waals surface area contributed by atoms with E-state index in [0.29, 0.717) is 56.6 Å². The van der Waals surface area contributed by atoms with Crippen LogP contribution in [0.15, 0.2) is 18.2 Å². The lowest BCUT2D eigenvalue weighted by Gasteiger charge is -2.38. The molecule has 3 rings (SSSR count). The number of hydrogen-bond donors (Lipinski definition) is 1. The Morgan fingerprint density at radius 2 is 1.73 bits per heavy atom. The Hall–Kier alpha value is -1.88. The van der Waals surface area contributed by atoms with E-state index in [0.717, 1.165) is 25.7 Å². The van der Waals surface area contributed by atoms with Crippen LogP contribution in [0.1, 0.15) is 46.0 Å². The van der Waals surface area contributed by atoms with Gasteiger partial charge in [-0.3, -0.25) is 9.69 Å². The number of rotatable bonds is 10. The summed E-state index contributed by atoms with van der Waals surface area (Å²) in [5.41, 5.74) is 0.572. The number of carbonyl (C=O) groups is 1. The molecule has 0 atom stereocenters. The smallest absolute Gasteiger partial charge is 0.282 e. The molecular formula is C23H38N4O5S. The third-order valence-electron chi connectivity index (χ3n) is 6.31. The zero-order valence-corrected chi connectivity index (χ0v) is 20.9. The van der Waals surface area contributed by atoms with Crippen LogP contribution in [0.2, 0.25) is 0 Å². The predicted octanol–water partition coefficient (Wildman–Crippen LogP) is 2.55. The quantitative estimate of drug-likeness (QED) is 0.551. The van der Waals surface area contributed by atoms with Crippen LogP contribution < -0.4 is 14.8 Å². The van der Waals surface area contributed by atoms with Crippen molar-refractivity contribution < 1.29 is 22.7 Å². The fourth-order valence-electron chi connectivity index (χ4n) is 4.47. The highest BCUT2D eigenvalue weighted by atomic mass is 32.2. The molecule has 0 spiro atoms. The molecule has 1 aromatic rings. The monoisotopic (exact) mass is 482 g/mol.